The van der Waals surface area contributed by atoms with Crippen LogP contribution < -0.4 is 5.32 Å². The average Bonchev–Trinajstić information content (AvgIpc) is 2.50. The van der Waals surface area contributed by atoms with Crippen molar-refractivity contribution in [3.8, 4) is 11.4 Å². The Morgan fingerprint density at radius 2 is 1.90 bits per heavy atom. The Hall–Kier alpha value is -2.53. The van der Waals surface area contributed by atoms with E-state index >= 15 is 0 Å². The van der Waals surface area contributed by atoms with Crippen LogP contribution in [-0.2, 0) is 0 Å². The number of para-hydroxylation sites is 1. The predicted octanol–water partition coefficient (Wildman–Crippen LogP) is 4.07. The fourth-order valence-corrected chi connectivity index (χ4v) is 1.99. The second-order valence-corrected chi connectivity index (χ2v) is 4.63. The minimum absolute atomic E-state index is 0.266. The van der Waals surface area contributed by atoms with Crippen molar-refractivity contribution < 1.29 is 4.39 Å². The van der Waals surface area contributed by atoms with E-state index in [2.05, 4.69) is 20.3 Å². The van der Waals surface area contributed by atoms with E-state index in [9.17, 15) is 4.39 Å². The number of aromatic nitrogens is 3. The fraction of sp³-hybridized carbons (Fsp3) is 0. The molecule has 0 radical (unpaired) electrons. The van der Waals surface area contributed by atoms with Gasteiger partial charge in [-0.3, -0.25) is 4.98 Å². The minimum atomic E-state index is -0.366. The summed E-state index contributed by atoms with van der Waals surface area (Å²) in [5, 5.41) is 3.16. The van der Waals surface area contributed by atoms with Gasteiger partial charge in [0.05, 0.1) is 5.69 Å². The molecule has 6 heteroatoms. The highest BCUT2D eigenvalue weighted by Gasteiger charge is 2.08. The summed E-state index contributed by atoms with van der Waals surface area (Å²) in [5.74, 6) is 0.476. The molecule has 0 aliphatic rings. The van der Waals surface area contributed by atoms with Gasteiger partial charge in [0.1, 0.15) is 16.8 Å². The maximum Gasteiger partial charge on any atom is 0.164 e. The summed E-state index contributed by atoms with van der Waals surface area (Å²) < 4.78 is 13.7. The molecule has 0 aliphatic carbocycles. The number of nitrogens with one attached hydrogen (secondary N) is 1. The molecule has 0 unspecified atom stereocenters. The van der Waals surface area contributed by atoms with Crippen LogP contribution in [0.4, 0.5) is 15.9 Å². The van der Waals surface area contributed by atoms with Crippen molar-refractivity contribution in [3.63, 3.8) is 0 Å². The summed E-state index contributed by atoms with van der Waals surface area (Å²) >= 11 is 6.00. The third-order valence-corrected chi connectivity index (χ3v) is 2.94. The van der Waals surface area contributed by atoms with Crippen molar-refractivity contribution in [1.29, 1.82) is 0 Å². The quantitative estimate of drug-likeness (QED) is 0.741. The lowest BCUT2D eigenvalue weighted by Gasteiger charge is -2.08. The predicted molar refractivity (Wildman–Crippen MR) is 80.0 cm³/mol. The lowest BCUT2D eigenvalue weighted by atomic mass is 10.2. The highest BCUT2D eigenvalue weighted by molar-refractivity contribution is 6.29. The van der Waals surface area contributed by atoms with Crippen molar-refractivity contribution in [3.05, 3.63) is 65.8 Å². The zero-order chi connectivity index (χ0) is 14.7. The van der Waals surface area contributed by atoms with Gasteiger partial charge in [0.2, 0.25) is 0 Å². The molecule has 0 bridgehead atoms. The number of benzene rings is 1. The SMILES string of the molecule is Fc1ccccc1Nc1cc(Cl)nc(-c2cccnc2)n1. The highest BCUT2D eigenvalue weighted by Crippen LogP contribution is 2.23. The van der Waals surface area contributed by atoms with E-state index in [-0.39, 0.29) is 11.0 Å². The summed E-state index contributed by atoms with van der Waals surface area (Å²) in [5.41, 5.74) is 1.06. The van der Waals surface area contributed by atoms with Gasteiger partial charge < -0.3 is 5.32 Å². The minimum Gasteiger partial charge on any atom is -0.338 e. The Morgan fingerprint density at radius 3 is 2.67 bits per heavy atom. The van der Waals surface area contributed by atoms with Gasteiger partial charge in [-0.25, -0.2) is 14.4 Å². The molecule has 4 nitrogen and oxygen atoms in total. The van der Waals surface area contributed by atoms with Crippen LogP contribution in [0.1, 0.15) is 0 Å². The third-order valence-electron chi connectivity index (χ3n) is 2.75. The molecule has 0 aliphatic heterocycles. The van der Waals surface area contributed by atoms with E-state index < -0.39 is 0 Å². The van der Waals surface area contributed by atoms with Crippen LogP contribution in [0.25, 0.3) is 11.4 Å². The average molecular weight is 301 g/mol. The first-order valence-electron chi connectivity index (χ1n) is 6.19. The zero-order valence-corrected chi connectivity index (χ0v) is 11.5. The Morgan fingerprint density at radius 1 is 1.05 bits per heavy atom. The molecule has 104 valence electrons. The molecule has 1 aromatic carbocycles. The first kappa shape index (κ1) is 13.5. The second-order valence-electron chi connectivity index (χ2n) is 4.25. The monoisotopic (exact) mass is 300 g/mol. The molecule has 3 aromatic rings. The van der Waals surface area contributed by atoms with Crippen LogP contribution in [0.5, 0.6) is 0 Å². The first-order valence-corrected chi connectivity index (χ1v) is 6.57. The van der Waals surface area contributed by atoms with Gasteiger partial charge in [0.15, 0.2) is 5.82 Å². The number of hydrogen-bond donors (Lipinski definition) is 1. The molecule has 0 fully saturated rings. The molecule has 0 spiro atoms. The number of anilines is 2. The first-order chi connectivity index (χ1) is 10.2. The molecule has 2 heterocycles. The van der Waals surface area contributed by atoms with Gasteiger partial charge >= 0.3 is 0 Å². The summed E-state index contributed by atoms with van der Waals surface area (Å²) in [6.45, 7) is 0. The maximum absolute atomic E-state index is 13.7. The fourth-order valence-electron chi connectivity index (χ4n) is 1.81. The molecule has 3 rings (SSSR count). The smallest absolute Gasteiger partial charge is 0.164 e. The Kier molecular flexibility index (Phi) is 3.75. The van der Waals surface area contributed by atoms with Gasteiger partial charge in [0.25, 0.3) is 0 Å². The molecular formula is C15H10ClFN4. The largest absolute Gasteiger partial charge is 0.338 e. The molecule has 0 atom stereocenters. The highest BCUT2D eigenvalue weighted by atomic mass is 35.5. The van der Waals surface area contributed by atoms with Gasteiger partial charge in [-0.2, -0.15) is 0 Å². The molecule has 21 heavy (non-hydrogen) atoms. The van der Waals surface area contributed by atoms with Gasteiger partial charge in [0, 0.05) is 24.0 Å². The standard InChI is InChI=1S/C15H10ClFN4/c16-13-8-14(19-12-6-2-1-5-11(12)17)21-15(20-13)10-4-3-7-18-9-10/h1-9H,(H,19,20,21). The van der Waals surface area contributed by atoms with Gasteiger partial charge in [-0.05, 0) is 24.3 Å². The van der Waals surface area contributed by atoms with E-state index in [1.165, 1.54) is 12.1 Å². The summed E-state index contributed by atoms with van der Waals surface area (Å²) in [6.07, 6.45) is 3.30. The van der Waals surface area contributed by atoms with Crippen molar-refractivity contribution in [2.45, 2.75) is 0 Å². The van der Waals surface area contributed by atoms with Gasteiger partial charge in [-0.15, -0.1) is 0 Å². The van der Waals surface area contributed by atoms with E-state index in [1.54, 1.807) is 36.7 Å². The lowest BCUT2D eigenvalue weighted by molar-refractivity contribution is 0.632. The van der Waals surface area contributed by atoms with Crippen LogP contribution in [0.3, 0.4) is 0 Å². The van der Waals surface area contributed by atoms with E-state index in [0.29, 0.717) is 17.3 Å². The van der Waals surface area contributed by atoms with Crippen LogP contribution in [0.2, 0.25) is 5.15 Å². The maximum atomic E-state index is 13.7. The Balaban J connectivity index is 1.97. The van der Waals surface area contributed by atoms with Crippen LogP contribution >= 0.6 is 11.6 Å². The number of nitrogens with zero attached hydrogens (tertiary/aromatic N) is 3. The number of halogens is 2. The van der Waals surface area contributed by atoms with Crippen molar-refractivity contribution in [1.82, 2.24) is 15.0 Å². The normalized spacial score (nSPS) is 10.4. The number of pyridine rings is 1. The van der Waals surface area contributed by atoms with E-state index in [4.69, 9.17) is 11.6 Å². The van der Waals surface area contributed by atoms with Crippen LogP contribution in [0.15, 0.2) is 54.9 Å². The second kappa shape index (κ2) is 5.85. The van der Waals surface area contributed by atoms with Gasteiger partial charge in [-0.1, -0.05) is 23.7 Å². The Labute approximate surface area is 125 Å². The topological polar surface area (TPSA) is 50.7 Å². The molecular weight excluding hydrogens is 291 g/mol. The van der Waals surface area contributed by atoms with Crippen LogP contribution in [0, 0.1) is 5.82 Å². The molecule has 0 saturated heterocycles. The summed E-state index contributed by atoms with van der Waals surface area (Å²) in [6, 6.07) is 11.5. The molecule has 0 saturated carbocycles. The number of rotatable bonds is 3. The lowest BCUT2D eigenvalue weighted by Crippen LogP contribution is -1.99. The van der Waals surface area contributed by atoms with Crippen molar-refractivity contribution >= 4 is 23.1 Å². The summed E-state index contributed by atoms with van der Waals surface area (Å²) in [4.78, 5) is 12.5. The third kappa shape index (κ3) is 3.14. The number of hydrogen-bond acceptors (Lipinski definition) is 4. The van der Waals surface area contributed by atoms with Crippen molar-refractivity contribution in [2.24, 2.45) is 0 Å². The van der Waals surface area contributed by atoms with Crippen LogP contribution in [-0.4, -0.2) is 15.0 Å². The zero-order valence-electron chi connectivity index (χ0n) is 10.8. The van der Waals surface area contributed by atoms with Crippen molar-refractivity contribution in [2.75, 3.05) is 5.32 Å². The van der Waals surface area contributed by atoms with E-state index in [1.807, 2.05) is 6.07 Å². The molecule has 2 aromatic heterocycles. The van der Waals surface area contributed by atoms with E-state index in [0.717, 1.165) is 5.56 Å². The molecule has 1 N–H and O–H groups in total. The summed E-state index contributed by atoms with van der Waals surface area (Å²) in [7, 11) is 0. The molecule has 0 amide bonds. The Bertz CT molecular complexity index is 765.